The second kappa shape index (κ2) is 5.72. The van der Waals surface area contributed by atoms with Gasteiger partial charge in [0.05, 0.1) is 18.2 Å². The van der Waals surface area contributed by atoms with E-state index in [0.29, 0.717) is 12.2 Å². The molecule has 0 atom stereocenters. The van der Waals surface area contributed by atoms with E-state index >= 15 is 0 Å². The molecule has 82 valence electrons. The van der Waals surface area contributed by atoms with E-state index < -0.39 is 0 Å². The molecular formula is C13H13NO2. The third-order valence-electron chi connectivity index (χ3n) is 2.08. The minimum Gasteiger partial charge on any atom is -0.463 e. The first-order valence-corrected chi connectivity index (χ1v) is 5.03. The molecule has 0 aliphatic rings. The van der Waals surface area contributed by atoms with Crippen LogP contribution >= 0.6 is 0 Å². The summed E-state index contributed by atoms with van der Waals surface area (Å²) in [4.78, 5) is 11.1. The van der Waals surface area contributed by atoms with Crippen LogP contribution in [0.5, 0.6) is 0 Å². The molecule has 0 saturated heterocycles. The Bertz CT molecular complexity index is 455. The molecule has 0 fully saturated rings. The number of esters is 1. The van der Waals surface area contributed by atoms with Crippen LogP contribution in [-0.2, 0) is 9.53 Å². The summed E-state index contributed by atoms with van der Waals surface area (Å²) in [7, 11) is 0. The van der Waals surface area contributed by atoms with Crippen molar-refractivity contribution in [1.82, 2.24) is 0 Å². The standard InChI is InChI=1S/C13H13NO2/c1-3-16-13(15)7-6-11-5-4-10(2)12(8-11)9-14/h4-8H,3H2,1-2H3. The van der Waals surface area contributed by atoms with Crippen LogP contribution < -0.4 is 0 Å². The van der Waals surface area contributed by atoms with Crippen LogP contribution in [0.2, 0.25) is 0 Å². The van der Waals surface area contributed by atoms with Gasteiger partial charge in [0, 0.05) is 6.08 Å². The molecule has 0 spiro atoms. The van der Waals surface area contributed by atoms with Crippen molar-refractivity contribution in [2.75, 3.05) is 6.61 Å². The van der Waals surface area contributed by atoms with Gasteiger partial charge in [-0.15, -0.1) is 0 Å². The fourth-order valence-corrected chi connectivity index (χ4v) is 1.22. The van der Waals surface area contributed by atoms with Gasteiger partial charge >= 0.3 is 5.97 Å². The van der Waals surface area contributed by atoms with Crippen LogP contribution in [0, 0.1) is 18.3 Å². The second-order valence-electron chi connectivity index (χ2n) is 3.27. The topological polar surface area (TPSA) is 50.1 Å². The predicted molar refractivity (Wildman–Crippen MR) is 61.6 cm³/mol. The number of nitrogens with zero attached hydrogens (tertiary/aromatic N) is 1. The number of hydrogen-bond acceptors (Lipinski definition) is 3. The average Bonchev–Trinajstić information content (AvgIpc) is 2.28. The summed E-state index contributed by atoms with van der Waals surface area (Å²) in [6.45, 7) is 3.99. The fourth-order valence-electron chi connectivity index (χ4n) is 1.22. The van der Waals surface area contributed by atoms with E-state index in [1.807, 2.05) is 19.1 Å². The molecule has 0 radical (unpaired) electrons. The number of benzene rings is 1. The quantitative estimate of drug-likeness (QED) is 0.574. The maximum atomic E-state index is 11.1. The monoisotopic (exact) mass is 215 g/mol. The molecule has 3 nitrogen and oxygen atoms in total. The van der Waals surface area contributed by atoms with Crippen LogP contribution in [0.1, 0.15) is 23.6 Å². The van der Waals surface area contributed by atoms with Gasteiger partial charge in [-0.25, -0.2) is 4.79 Å². The van der Waals surface area contributed by atoms with Crippen molar-refractivity contribution in [1.29, 1.82) is 5.26 Å². The third kappa shape index (κ3) is 3.25. The van der Waals surface area contributed by atoms with Crippen LogP contribution in [-0.4, -0.2) is 12.6 Å². The molecule has 1 rings (SSSR count). The zero-order valence-corrected chi connectivity index (χ0v) is 9.36. The van der Waals surface area contributed by atoms with Crippen molar-refractivity contribution < 1.29 is 9.53 Å². The highest BCUT2D eigenvalue weighted by Gasteiger charge is 1.98. The van der Waals surface area contributed by atoms with E-state index in [-0.39, 0.29) is 5.97 Å². The first-order chi connectivity index (χ1) is 7.67. The third-order valence-corrected chi connectivity index (χ3v) is 2.08. The summed E-state index contributed by atoms with van der Waals surface area (Å²) in [6, 6.07) is 7.54. The van der Waals surface area contributed by atoms with Gasteiger partial charge in [0.15, 0.2) is 0 Å². The highest BCUT2D eigenvalue weighted by molar-refractivity contribution is 5.87. The SMILES string of the molecule is CCOC(=O)C=Cc1ccc(C)c(C#N)c1. The molecule has 0 aliphatic heterocycles. The number of aryl methyl sites for hydroxylation is 1. The summed E-state index contributed by atoms with van der Waals surface area (Å²) in [5.41, 5.74) is 2.36. The van der Waals surface area contributed by atoms with Gasteiger partial charge in [0.2, 0.25) is 0 Å². The molecule has 0 aliphatic carbocycles. The van der Waals surface area contributed by atoms with E-state index in [1.165, 1.54) is 6.08 Å². The fraction of sp³-hybridized carbons (Fsp3) is 0.231. The summed E-state index contributed by atoms with van der Waals surface area (Å²) in [5, 5.41) is 8.84. The van der Waals surface area contributed by atoms with Crippen LogP contribution in [0.25, 0.3) is 6.08 Å². The highest BCUT2D eigenvalue weighted by Crippen LogP contribution is 2.11. The Kier molecular flexibility index (Phi) is 4.28. The van der Waals surface area contributed by atoms with Gasteiger partial charge in [-0.1, -0.05) is 12.1 Å². The zero-order valence-electron chi connectivity index (χ0n) is 9.36. The first kappa shape index (κ1) is 12.0. The average molecular weight is 215 g/mol. The molecular weight excluding hydrogens is 202 g/mol. The van der Waals surface area contributed by atoms with E-state index in [0.717, 1.165) is 11.1 Å². The minimum absolute atomic E-state index is 0.362. The number of ether oxygens (including phenoxy) is 1. The molecule has 3 heteroatoms. The Hall–Kier alpha value is -2.08. The summed E-state index contributed by atoms with van der Waals surface area (Å²) in [6.07, 6.45) is 2.99. The Morgan fingerprint density at radius 2 is 2.31 bits per heavy atom. The highest BCUT2D eigenvalue weighted by atomic mass is 16.5. The van der Waals surface area contributed by atoms with E-state index in [4.69, 9.17) is 10.00 Å². The van der Waals surface area contributed by atoms with Crippen molar-refractivity contribution in [2.45, 2.75) is 13.8 Å². The predicted octanol–water partition coefficient (Wildman–Crippen LogP) is 2.44. The molecule has 16 heavy (non-hydrogen) atoms. The van der Waals surface area contributed by atoms with Crippen molar-refractivity contribution in [2.24, 2.45) is 0 Å². The molecule has 0 bridgehead atoms. The van der Waals surface area contributed by atoms with Crippen molar-refractivity contribution >= 4 is 12.0 Å². The van der Waals surface area contributed by atoms with Crippen molar-refractivity contribution in [3.05, 3.63) is 41.0 Å². The van der Waals surface area contributed by atoms with Gasteiger partial charge < -0.3 is 4.74 Å². The lowest BCUT2D eigenvalue weighted by molar-refractivity contribution is -0.137. The van der Waals surface area contributed by atoms with Gasteiger partial charge in [-0.2, -0.15) is 5.26 Å². The smallest absolute Gasteiger partial charge is 0.330 e. The van der Waals surface area contributed by atoms with E-state index in [9.17, 15) is 4.79 Å². The van der Waals surface area contributed by atoms with E-state index in [1.54, 1.807) is 19.1 Å². The van der Waals surface area contributed by atoms with Gasteiger partial charge in [0.25, 0.3) is 0 Å². The lowest BCUT2D eigenvalue weighted by Crippen LogP contribution is -1.98. The Labute approximate surface area is 95.0 Å². The lowest BCUT2D eigenvalue weighted by atomic mass is 10.1. The molecule has 0 N–H and O–H groups in total. The van der Waals surface area contributed by atoms with Crippen molar-refractivity contribution in [3.63, 3.8) is 0 Å². The van der Waals surface area contributed by atoms with Gasteiger partial charge in [-0.05, 0) is 37.1 Å². The number of rotatable bonds is 3. The van der Waals surface area contributed by atoms with Crippen molar-refractivity contribution in [3.8, 4) is 6.07 Å². The lowest BCUT2D eigenvalue weighted by Gasteiger charge is -1.99. The van der Waals surface area contributed by atoms with Gasteiger partial charge in [0.1, 0.15) is 0 Å². The van der Waals surface area contributed by atoms with E-state index in [2.05, 4.69) is 6.07 Å². The maximum Gasteiger partial charge on any atom is 0.330 e. The van der Waals surface area contributed by atoms with Crippen LogP contribution in [0.15, 0.2) is 24.3 Å². The minimum atomic E-state index is -0.374. The number of hydrogen-bond donors (Lipinski definition) is 0. The first-order valence-electron chi connectivity index (χ1n) is 5.03. The summed E-state index contributed by atoms with van der Waals surface area (Å²) >= 11 is 0. The summed E-state index contributed by atoms with van der Waals surface area (Å²) < 4.78 is 4.75. The van der Waals surface area contributed by atoms with Gasteiger partial charge in [-0.3, -0.25) is 0 Å². The zero-order chi connectivity index (χ0) is 12.0. The normalized spacial score (nSPS) is 10.1. The molecule has 0 unspecified atom stereocenters. The molecule has 0 amide bonds. The Morgan fingerprint density at radius 3 is 2.94 bits per heavy atom. The largest absolute Gasteiger partial charge is 0.463 e. The Balaban J connectivity index is 2.83. The summed E-state index contributed by atoms with van der Waals surface area (Å²) in [5.74, 6) is -0.374. The molecule has 1 aromatic carbocycles. The number of carbonyl (C=O) groups excluding carboxylic acids is 1. The van der Waals surface area contributed by atoms with Crippen LogP contribution in [0.4, 0.5) is 0 Å². The molecule has 1 aromatic rings. The maximum absolute atomic E-state index is 11.1. The molecule has 0 aromatic heterocycles. The Morgan fingerprint density at radius 1 is 1.56 bits per heavy atom. The number of nitriles is 1. The molecule has 0 saturated carbocycles. The van der Waals surface area contributed by atoms with Crippen LogP contribution in [0.3, 0.4) is 0 Å². The second-order valence-corrected chi connectivity index (χ2v) is 3.27. The number of carbonyl (C=O) groups is 1. The molecule has 0 heterocycles.